The molecule has 158 valence electrons. The Kier molecular flexibility index (Phi) is 5.48. The second kappa shape index (κ2) is 7.94. The number of fused-ring (bicyclic) bond motifs is 1. The van der Waals surface area contributed by atoms with Crippen LogP contribution in [0.1, 0.15) is 37.3 Å². The number of nitrogens with zero attached hydrogens (tertiary/aromatic N) is 1. The number of alkyl halides is 3. The molecule has 0 atom stereocenters. The van der Waals surface area contributed by atoms with Gasteiger partial charge < -0.3 is 10.3 Å². The van der Waals surface area contributed by atoms with Gasteiger partial charge in [-0.15, -0.1) is 0 Å². The molecule has 2 N–H and O–H groups in total. The lowest BCUT2D eigenvalue weighted by atomic mass is 9.85. The molecule has 0 spiro atoms. The number of carbonyl (C=O) groups excluding carboxylic acids is 1. The number of aromatic nitrogens is 2. The lowest BCUT2D eigenvalue weighted by Crippen LogP contribution is -2.31. The van der Waals surface area contributed by atoms with Crippen molar-refractivity contribution in [3.05, 3.63) is 63.0 Å². The molecule has 1 heterocycles. The van der Waals surface area contributed by atoms with Crippen molar-refractivity contribution in [3.8, 4) is 0 Å². The minimum Gasteiger partial charge on any atom is -0.326 e. The minimum absolute atomic E-state index is 0.0295. The van der Waals surface area contributed by atoms with E-state index in [1.807, 2.05) is 18.2 Å². The summed E-state index contributed by atoms with van der Waals surface area (Å²) in [5.74, 6) is -0.592. The molecule has 9 heteroatoms. The average molecular weight is 482 g/mol. The highest BCUT2D eigenvalue weighted by atomic mass is 79.9. The number of para-hydroxylation sites is 1. The highest BCUT2D eigenvalue weighted by molar-refractivity contribution is 9.10. The lowest BCUT2D eigenvalue weighted by molar-refractivity contribution is -0.137. The molecule has 4 rings (SSSR count). The molecule has 3 aromatic rings. The molecule has 0 bridgehead atoms. The van der Waals surface area contributed by atoms with Gasteiger partial charge in [-0.2, -0.15) is 13.2 Å². The summed E-state index contributed by atoms with van der Waals surface area (Å²) in [7, 11) is 0. The molecule has 2 aromatic carbocycles. The van der Waals surface area contributed by atoms with Crippen molar-refractivity contribution < 1.29 is 18.0 Å². The zero-order valence-corrected chi connectivity index (χ0v) is 17.4. The van der Waals surface area contributed by atoms with Crippen LogP contribution in [0.5, 0.6) is 0 Å². The van der Waals surface area contributed by atoms with Gasteiger partial charge in [0.2, 0.25) is 5.91 Å². The van der Waals surface area contributed by atoms with Crippen molar-refractivity contribution in [3.63, 3.8) is 0 Å². The van der Waals surface area contributed by atoms with Crippen LogP contribution in [-0.2, 0) is 11.0 Å². The van der Waals surface area contributed by atoms with E-state index in [-0.39, 0.29) is 29.2 Å². The highest BCUT2D eigenvalue weighted by Crippen LogP contribution is 2.35. The maximum absolute atomic E-state index is 12.9. The van der Waals surface area contributed by atoms with Crippen LogP contribution >= 0.6 is 15.9 Å². The van der Waals surface area contributed by atoms with Crippen molar-refractivity contribution in [2.24, 2.45) is 5.92 Å². The van der Waals surface area contributed by atoms with E-state index >= 15 is 0 Å². The molecule has 5 nitrogen and oxygen atoms in total. The number of hydrogen-bond acceptors (Lipinski definition) is 2. The van der Waals surface area contributed by atoms with Crippen molar-refractivity contribution in [2.75, 3.05) is 5.32 Å². The molecule has 1 fully saturated rings. The number of anilines is 1. The van der Waals surface area contributed by atoms with Crippen molar-refractivity contribution in [1.29, 1.82) is 0 Å². The number of rotatable bonds is 3. The summed E-state index contributed by atoms with van der Waals surface area (Å²) in [6.45, 7) is 0. The Morgan fingerprint density at radius 2 is 1.80 bits per heavy atom. The Hall–Kier alpha value is -2.55. The third-order valence-electron chi connectivity index (χ3n) is 5.59. The molecule has 1 aromatic heterocycles. The van der Waals surface area contributed by atoms with E-state index in [0.29, 0.717) is 25.7 Å². The summed E-state index contributed by atoms with van der Waals surface area (Å²) in [4.78, 5) is 27.9. The Balaban J connectivity index is 1.44. The molecule has 1 saturated carbocycles. The Labute approximate surface area is 178 Å². The first-order chi connectivity index (χ1) is 14.2. The van der Waals surface area contributed by atoms with E-state index in [9.17, 15) is 22.8 Å². The number of carbonyl (C=O) groups is 1. The largest absolute Gasteiger partial charge is 0.416 e. The molecular weight excluding hydrogens is 463 g/mol. The summed E-state index contributed by atoms with van der Waals surface area (Å²) in [6.07, 6.45) is -2.06. The van der Waals surface area contributed by atoms with Crippen LogP contribution < -0.4 is 11.0 Å². The Morgan fingerprint density at radius 1 is 1.10 bits per heavy atom. The predicted octanol–water partition coefficient (Wildman–Crippen LogP) is 5.48. The average Bonchev–Trinajstić information content (AvgIpc) is 3.05. The zero-order valence-electron chi connectivity index (χ0n) is 15.8. The monoisotopic (exact) mass is 481 g/mol. The maximum Gasteiger partial charge on any atom is 0.416 e. The van der Waals surface area contributed by atoms with Crippen molar-refractivity contribution in [1.82, 2.24) is 9.55 Å². The number of imidazole rings is 1. The second-order valence-electron chi connectivity index (χ2n) is 7.51. The third-order valence-corrected chi connectivity index (χ3v) is 6.25. The number of halogens is 4. The number of aromatic amines is 1. The normalized spacial score (nSPS) is 19.7. The number of amides is 1. The summed E-state index contributed by atoms with van der Waals surface area (Å²) in [5.41, 5.74) is 0.704. The van der Waals surface area contributed by atoms with Gasteiger partial charge in [-0.3, -0.25) is 9.36 Å². The zero-order chi connectivity index (χ0) is 21.5. The van der Waals surface area contributed by atoms with E-state index in [0.717, 1.165) is 27.6 Å². The Bertz CT molecular complexity index is 1140. The van der Waals surface area contributed by atoms with Crippen LogP contribution in [0.2, 0.25) is 0 Å². The fourth-order valence-electron chi connectivity index (χ4n) is 4.09. The second-order valence-corrected chi connectivity index (χ2v) is 8.36. The van der Waals surface area contributed by atoms with Crippen LogP contribution in [0, 0.1) is 5.92 Å². The van der Waals surface area contributed by atoms with Gasteiger partial charge in [-0.1, -0.05) is 12.1 Å². The van der Waals surface area contributed by atoms with Crippen LogP contribution in [0.25, 0.3) is 11.0 Å². The van der Waals surface area contributed by atoms with Gasteiger partial charge >= 0.3 is 11.9 Å². The topological polar surface area (TPSA) is 66.9 Å². The van der Waals surface area contributed by atoms with Crippen LogP contribution in [-0.4, -0.2) is 15.5 Å². The van der Waals surface area contributed by atoms with Gasteiger partial charge in [0.1, 0.15) is 0 Å². The standard InChI is InChI=1S/C21H19BrF3N3O2/c22-16-5-2-6-17-18(16)27-20(30)28(17)15-9-7-12(8-10-15)19(29)26-14-4-1-3-13(11-14)21(23,24)25/h1-6,11-12,15H,7-10H2,(H,26,29)(H,27,30)/t12-,15+. The lowest BCUT2D eigenvalue weighted by Gasteiger charge is -2.28. The summed E-state index contributed by atoms with van der Waals surface area (Å²) < 4.78 is 41.1. The van der Waals surface area contributed by atoms with Crippen LogP contribution in [0.15, 0.2) is 51.7 Å². The van der Waals surface area contributed by atoms with Gasteiger partial charge in [-0.05, 0) is 71.9 Å². The molecule has 1 aliphatic rings. The van der Waals surface area contributed by atoms with Gasteiger partial charge in [0.15, 0.2) is 0 Å². The predicted molar refractivity (Wildman–Crippen MR) is 111 cm³/mol. The summed E-state index contributed by atoms with van der Waals surface area (Å²) >= 11 is 3.44. The van der Waals surface area contributed by atoms with E-state index in [1.165, 1.54) is 12.1 Å². The minimum atomic E-state index is -4.46. The van der Waals surface area contributed by atoms with E-state index in [2.05, 4.69) is 26.2 Å². The van der Waals surface area contributed by atoms with E-state index in [1.54, 1.807) is 4.57 Å². The van der Waals surface area contributed by atoms with E-state index < -0.39 is 11.7 Å². The van der Waals surface area contributed by atoms with Gasteiger partial charge in [-0.25, -0.2) is 4.79 Å². The number of H-pyrrole nitrogens is 1. The molecule has 1 amide bonds. The first-order valence-corrected chi connectivity index (χ1v) is 10.4. The summed E-state index contributed by atoms with van der Waals surface area (Å²) in [6, 6.07) is 10.2. The van der Waals surface area contributed by atoms with Gasteiger partial charge in [0.05, 0.1) is 16.6 Å². The van der Waals surface area contributed by atoms with Gasteiger partial charge in [0, 0.05) is 22.1 Å². The molecule has 0 radical (unpaired) electrons. The molecular formula is C21H19BrF3N3O2. The fourth-order valence-corrected chi connectivity index (χ4v) is 4.54. The first-order valence-electron chi connectivity index (χ1n) is 9.61. The van der Waals surface area contributed by atoms with Crippen molar-refractivity contribution in [2.45, 2.75) is 37.9 Å². The summed E-state index contributed by atoms with van der Waals surface area (Å²) in [5, 5.41) is 2.60. The molecule has 0 aliphatic heterocycles. The number of hydrogen-bond donors (Lipinski definition) is 2. The SMILES string of the molecule is O=c1[nH]c2c(Br)cccc2n1[C@H]1CC[C@@H](C(=O)Nc2cccc(C(F)(F)F)c2)CC1. The number of benzene rings is 2. The quantitative estimate of drug-likeness (QED) is 0.519. The fraction of sp³-hybridized carbons (Fsp3) is 0.333. The van der Waals surface area contributed by atoms with Gasteiger partial charge in [0.25, 0.3) is 0 Å². The molecule has 0 unspecified atom stereocenters. The van der Waals surface area contributed by atoms with Crippen molar-refractivity contribution >= 4 is 38.6 Å². The molecule has 0 saturated heterocycles. The van der Waals surface area contributed by atoms with Crippen LogP contribution in [0.3, 0.4) is 0 Å². The highest BCUT2D eigenvalue weighted by Gasteiger charge is 2.32. The maximum atomic E-state index is 12.9. The van der Waals surface area contributed by atoms with Crippen LogP contribution in [0.4, 0.5) is 18.9 Å². The molecule has 30 heavy (non-hydrogen) atoms. The van der Waals surface area contributed by atoms with E-state index in [4.69, 9.17) is 0 Å². The number of nitrogens with one attached hydrogen (secondary N) is 2. The Morgan fingerprint density at radius 3 is 2.50 bits per heavy atom. The molecule has 1 aliphatic carbocycles. The third kappa shape index (κ3) is 4.03. The smallest absolute Gasteiger partial charge is 0.326 e. The first kappa shape index (κ1) is 20.7.